The van der Waals surface area contributed by atoms with Crippen LogP contribution >= 0.6 is 31.9 Å². The summed E-state index contributed by atoms with van der Waals surface area (Å²) in [5, 5.41) is 3.14. The number of hydrogen-bond acceptors (Lipinski definition) is 2. The van der Waals surface area contributed by atoms with E-state index in [1.54, 1.807) is 0 Å². The molecule has 1 N–H and O–H groups in total. The molecule has 2 nitrogen and oxygen atoms in total. The number of benzene rings is 2. The molecule has 20 heavy (non-hydrogen) atoms. The van der Waals surface area contributed by atoms with Crippen LogP contribution in [0.4, 0.5) is 0 Å². The van der Waals surface area contributed by atoms with Gasteiger partial charge in [-0.25, -0.2) is 0 Å². The molecule has 0 amide bonds. The van der Waals surface area contributed by atoms with Crippen LogP contribution in [-0.2, 0) is 13.2 Å². The summed E-state index contributed by atoms with van der Waals surface area (Å²) in [4.78, 5) is 0. The monoisotopic (exact) mass is 397 g/mol. The van der Waals surface area contributed by atoms with E-state index in [1.807, 2.05) is 19.2 Å². The highest BCUT2D eigenvalue weighted by Crippen LogP contribution is 2.27. The van der Waals surface area contributed by atoms with Gasteiger partial charge in [-0.3, -0.25) is 0 Å². The Morgan fingerprint density at radius 2 is 1.85 bits per heavy atom. The Labute approximate surface area is 136 Å². The number of rotatable bonds is 5. The first kappa shape index (κ1) is 15.5. The number of halogens is 2. The van der Waals surface area contributed by atoms with Gasteiger partial charge in [-0.1, -0.05) is 34.1 Å². The average Bonchev–Trinajstić information content (AvgIpc) is 2.40. The highest BCUT2D eigenvalue weighted by molar-refractivity contribution is 9.10. The van der Waals surface area contributed by atoms with E-state index in [-0.39, 0.29) is 0 Å². The molecular formula is C16H17Br2NO. The van der Waals surface area contributed by atoms with Crippen LogP contribution in [0.2, 0.25) is 0 Å². The van der Waals surface area contributed by atoms with Crippen molar-refractivity contribution in [3.8, 4) is 5.75 Å². The molecule has 4 heteroatoms. The molecule has 0 aliphatic carbocycles. The average molecular weight is 399 g/mol. The van der Waals surface area contributed by atoms with Gasteiger partial charge in [0.2, 0.25) is 0 Å². The van der Waals surface area contributed by atoms with Gasteiger partial charge in [0.15, 0.2) is 0 Å². The van der Waals surface area contributed by atoms with Crippen molar-refractivity contribution in [2.24, 2.45) is 0 Å². The van der Waals surface area contributed by atoms with E-state index in [9.17, 15) is 0 Å². The lowest BCUT2D eigenvalue weighted by Gasteiger charge is -2.11. The molecule has 0 radical (unpaired) electrons. The Bertz CT molecular complexity index is 599. The van der Waals surface area contributed by atoms with Crippen LogP contribution in [0.1, 0.15) is 16.7 Å². The number of aryl methyl sites for hydroxylation is 1. The summed E-state index contributed by atoms with van der Waals surface area (Å²) in [6, 6.07) is 12.4. The Kier molecular flexibility index (Phi) is 5.64. The first-order chi connectivity index (χ1) is 9.60. The largest absolute Gasteiger partial charge is 0.488 e. The zero-order valence-electron chi connectivity index (χ0n) is 11.5. The molecule has 0 aliphatic heterocycles. The minimum atomic E-state index is 0.544. The van der Waals surface area contributed by atoms with Gasteiger partial charge in [0, 0.05) is 16.6 Å². The molecular weight excluding hydrogens is 382 g/mol. The Morgan fingerprint density at radius 1 is 1.05 bits per heavy atom. The quantitative estimate of drug-likeness (QED) is 0.779. The lowest BCUT2D eigenvalue weighted by atomic mass is 10.1. The van der Waals surface area contributed by atoms with Gasteiger partial charge in [0.1, 0.15) is 12.4 Å². The van der Waals surface area contributed by atoms with Gasteiger partial charge in [-0.2, -0.15) is 0 Å². The fourth-order valence-corrected chi connectivity index (χ4v) is 3.05. The van der Waals surface area contributed by atoms with Crippen molar-refractivity contribution >= 4 is 31.9 Å². The third kappa shape index (κ3) is 4.08. The van der Waals surface area contributed by atoms with Crippen LogP contribution in [0.25, 0.3) is 0 Å². The first-order valence-electron chi connectivity index (χ1n) is 6.41. The van der Waals surface area contributed by atoms with Crippen LogP contribution in [0.15, 0.2) is 45.3 Å². The predicted octanol–water partition coefficient (Wildman–Crippen LogP) is 4.82. The topological polar surface area (TPSA) is 21.3 Å². The van der Waals surface area contributed by atoms with Gasteiger partial charge in [0.25, 0.3) is 0 Å². The fourth-order valence-electron chi connectivity index (χ4n) is 1.90. The summed E-state index contributed by atoms with van der Waals surface area (Å²) in [5.41, 5.74) is 3.60. The highest BCUT2D eigenvalue weighted by Gasteiger charge is 2.05. The second-order valence-corrected chi connectivity index (χ2v) is 6.39. The fraction of sp³-hybridized carbons (Fsp3) is 0.250. The first-order valence-corrected chi connectivity index (χ1v) is 7.99. The van der Waals surface area contributed by atoms with E-state index >= 15 is 0 Å². The Balaban J connectivity index is 2.07. The molecule has 2 rings (SSSR count). The smallest absolute Gasteiger partial charge is 0.134 e. The van der Waals surface area contributed by atoms with Crippen LogP contribution < -0.4 is 10.1 Å². The van der Waals surface area contributed by atoms with E-state index in [0.29, 0.717) is 6.61 Å². The molecule has 106 valence electrons. The van der Waals surface area contributed by atoms with Crippen molar-refractivity contribution in [3.05, 3.63) is 62.0 Å². The minimum absolute atomic E-state index is 0.544. The molecule has 0 saturated heterocycles. The molecule has 0 fully saturated rings. The van der Waals surface area contributed by atoms with Crippen LogP contribution in [-0.4, -0.2) is 7.05 Å². The van der Waals surface area contributed by atoms with Crippen molar-refractivity contribution in [2.75, 3.05) is 7.05 Å². The molecule has 0 bridgehead atoms. The van der Waals surface area contributed by atoms with Crippen molar-refractivity contribution in [3.63, 3.8) is 0 Å². The Morgan fingerprint density at radius 3 is 2.50 bits per heavy atom. The van der Waals surface area contributed by atoms with E-state index < -0.39 is 0 Å². The van der Waals surface area contributed by atoms with Crippen LogP contribution in [0, 0.1) is 6.92 Å². The highest BCUT2D eigenvalue weighted by atomic mass is 79.9. The maximum Gasteiger partial charge on any atom is 0.134 e. The molecule has 0 unspecified atom stereocenters. The molecule has 2 aromatic carbocycles. The normalized spacial score (nSPS) is 10.6. The van der Waals surface area contributed by atoms with Gasteiger partial charge < -0.3 is 10.1 Å². The second-order valence-electron chi connectivity index (χ2n) is 4.68. The lowest BCUT2D eigenvalue weighted by Crippen LogP contribution is -2.05. The van der Waals surface area contributed by atoms with E-state index in [2.05, 4.69) is 68.4 Å². The molecule has 2 aromatic rings. The van der Waals surface area contributed by atoms with Gasteiger partial charge >= 0.3 is 0 Å². The molecule has 0 aliphatic rings. The van der Waals surface area contributed by atoms with E-state index in [1.165, 1.54) is 11.1 Å². The van der Waals surface area contributed by atoms with Crippen LogP contribution in [0.5, 0.6) is 5.75 Å². The molecule has 0 spiro atoms. The summed E-state index contributed by atoms with van der Waals surface area (Å²) in [5.74, 6) is 0.863. The summed E-state index contributed by atoms with van der Waals surface area (Å²) >= 11 is 7.13. The summed E-state index contributed by atoms with van der Waals surface area (Å²) < 4.78 is 7.93. The van der Waals surface area contributed by atoms with Gasteiger partial charge in [-0.05, 0) is 59.2 Å². The maximum atomic E-state index is 5.87. The number of ether oxygens (including phenoxy) is 1. The lowest BCUT2D eigenvalue weighted by molar-refractivity contribution is 0.303. The third-order valence-corrected chi connectivity index (χ3v) is 4.33. The van der Waals surface area contributed by atoms with E-state index in [4.69, 9.17) is 4.74 Å². The second kappa shape index (κ2) is 7.25. The van der Waals surface area contributed by atoms with Crippen molar-refractivity contribution in [1.29, 1.82) is 0 Å². The molecule has 0 heterocycles. The SMILES string of the molecule is CNCc1ccc(COc2ccc(C)cc2Br)c(Br)c1. The number of nitrogens with one attached hydrogen (secondary N) is 1. The van der Waals surface area contributed by atoms with Gasteiger partial charge in [0.05, 0.1) is 4.47 Å². The number of hydrogen-bond donors (Lipinski definition) is 1. The Hall–Kier alpha value is -0.840. The zero-order valence-corrected chi connectivity index (χ0v) is 14.7. The molecule has 0 saturated carbocycles. The van der Waals surface area contributed by atoms with Crippen LogP contribution in [0.3, 0.4) is 0 Å². The van der Waals surface area contributed by atoms with Crippen molar-refractivity contribution in [1.82, 2.24) is 5.32 Å². The van der Waals surface area contributed by atoms with Gasteiger partial charge in [-0.15, -0.1) is 0 Å². The van der Waals surface area contributed by atoms with Crippen molar-refractivity contribution < 1.29 is 4.74 Å². The summed E-state index contributed by atoms with van der Waals surface area (Å²) in [7, 11) is 1.94. The zero-order chi connectivity index (χ0) is 14.5. The molecule has 0 aromatic heterocycles. The summed E-state index contributed by atoms with van der Waals surface area (Å²) in [6.07, 6.45) is 0. The third-order valence-electron chi connectivity index (χ3n) is 2.97. The maximum absolute atomic E-state index is 5.87. The minimum Gasteiger partial charge on any atom is -0.488 e. The standard InChI is InChI=1S/C16H17Br2NO/c1-11-3-6-16(15(18)7-11)20-10-13-5-4-12(9-19-2)8-14(13)17/h3-8,19H,9-10H2,1-2H3. The molecule has 0 atom stereocenters. The summed E-state index contributed by atoms with van der Waals surface area (Å²) in [6.45, 7) is 3.47. The predicted molar refractivity (Wildman–Crippen MR) is 90.1 cm³/mol. The van der Waals surface area contributed by atoms with Crippen molar-refractivity contribution in [2.45, 2.75) is 20.1 Å². The van der Waals surface area contributed by atoms with E-state index in [0.717, 1.165) is 26.8 Å².